The smallest absolute Gasteiger partial charge is 0.209 e. The van der Waals surface area contributed by atoms with Crippen LogP contribution in [0, 0.1) is 0 Å². The minimum Gasteiger partial charge on any atom is -0.497 e. The molecule has 0 atom stereocenters. The van der Waals surface area contributed by atoms with Gasteiger partial charge in [0.15, 0.2) is 0 Å². The SMILES string of the molecule is C=C(C)C(=O)c1nc(CS)n(-c2ccc(OC)cc2)c1Br. The molecular formula is C15H15BrN2O2S. The van der Waals surface area contributed by atoms with Gasteiger partial charge in [-0.2, -0.15) is 12.6 Å². The highest BCUT2D eigenvalue weighted by atomic mass is 79.9. The number of ether oxygens (including phenoxy) is 1. The maximum Gasteiger partial charge on any atom is 0.209 e. The Labute approximate surface area is 137 Å². The molecule has 6 heteroatoms. The van der Waals surface area contributed by atoms with E-state index >= 15 is 0 Å². The average Bonchev–Trinajstić information content (AvgIpc) is 2.83. The number of rotatable bonds is 5. The second kappa shape index (κ2) is 6.49. The predicted molar refractivity (Wildman–Crippen MR) is 89.7 cm³/mol. The summed E-state index contributed by atoms with van der Waals surface area (Å²) in [6.45, 7) is 5.35. The van der Waals surface area contributed by atoms with E-state index in [1.807, 2.05) is 28.8 Å². The number of aromatic nitrogens is 2. The number of benzene rings is 1. The summed E-state index contributed by atoms with van der Waals surface area (Å²) in [6, 6.07) is 7.50. The first-order valence-electron chi connectivity index (χ1n) is 6.22. The number of halogens is 1. The van der Waals surface area contributed by atoms with Gasteiger partial charge < -0.3 is 4.74 Å². The fourth-order valence-electron chi connectivity index (χ4n) is 1.89. The third kappa shape index (κ3) is 3.06. The summed E-state index contributed by atoms with van der Waals surface area (Å²) in [7, 11) is 1.62. The number of hydrogen-bond acceptors (Lipinski definition) is 4. The highest BCUT2D eigenvalue weighted by Gasteiger charge is 2.21. The van der Waals surface area contributed by atoms with Crippen molar-refractivity contribution in [3.63, 3.8) is 0 Å². The number of nitrogens with zero attached hydrogens (tertiary/aromatic N) is 2. The fourth-order valence-corrected chi connectivity index (χ4v) is 2.78. The Bertz CT molecular complexity index is 692. The molecule has 0 spiro atoms. The fraction of sp³-hybridized carbons (Fsp3) is 0.200. The molecule has 1 aromatic heterocycles. The molecule has 110 valence electrons. The van der Waals surface area contributed by atoms with Crippen molar-refractivity contribution in [3.05, 3.63) is 52.5 Å². The molecule has 1 heterocycles. The number of ketones is 1. The van der Waals surface area contributed by atoms with E-state index in [-0.39, 0.29) is 5.78 Å². The van der Waals surface area contributed by atoms with Crippen LogP contribution >= 0.6 is 28.6 Å². The van der Waals surface area contributed by atoms with Crippen molar-refractivity contribution >= 4 is 34.3 Å². The van der Waals surface area contributed by atoms with E-state index in [4.69, 9.17) is 4.74 Å². The monoisotopic (exact) mass is 366 g/mol. The van der Waals surface area contributed by atoms with E-state index in [1.54, 1.807) is 14.0 Å². The first-order chi connectivity index (χ1) is 9.99. The molecule has 0 amide bonds. The zero-order valence-corrected chi connectivity index (χ0v) is 14.2. The van der Waals surface area contributed by atoms with Crippen LogP contribution in [0.25, 0.3) is 5.69 Å². The number of imidazole rings is 1. The van der Waals surface area contributed by atoms with Crippen LogP contribution in [0.5, 0.6) is 5.75 Å². The average molecular weight is 367 g/mol. The summed E-state index contributed by atoms with van der Waals surface area (Å²) in [6.07, 6.45) is 0. The number of hydrogen-bond donors (Lipinski definition) is 1. The maximum absolute atomic E-state index is 12.1. The first kappa shape index (κ1) is 15.9. The number of carbonyl (C=O) groups is 1. The van der Waals surface area contributed by atoms with E-state index < -0.39 is 0 Å². The molecule has 0 bridgehead atoms. The molecule has 2 aromatic rings. The van der Waals surface area contributed by atoms with E-state index in [0.29, 0.717) is 27.4 Å². The van der Waals surface area contributed by atoms with Crippen molar-refractivity contribution in [3.8, 4) is 11.4 Å². The summed E-state index contributed by atoms with van der Waals surface area (Å²) < 4.78 is 7.60. The Kier molecular flexibility index (Phi) is 4.90. The van der Waals surface area contributed by atoms with E-state index in [1.165, 1.54) is 0 Å². The van der Waals surface area contributed by atoms with Gasteiger partial charge in [0.25, 0.3) is 0 Å². The van der Waals surface area contributed by atoms with E-state index in [0.717, 1.165) is 11.4 Å². The van der Waals surface area contributed by atoms with Crippen LogP contribution in [0.15, 0.2) is 41.0 Å². The summed E-state index contributed by atoms with van der Waals surface area (Å²) in [5.74, 6) is 1.67. The molecule has 0 saturated carbocycles. The molecule has 1 aromatic carbocycles. The zero-order valence-electron chi connectivity index (χ0n) is 11.8. The molecular weight excluding hydrogens is 352 g/mol. The van der Waals surface area contributed by atoms with E-state index in [9.17, 15) is 4.79 Å². The van der Waals surface area contributed by atoms with Crippen molar-refractivity contribution < 1.29 is 9.53 Å². The number of Topliss-reactive ketones (excluding diaryl/α,β-unsaturated/α-hetero) is 1. The van der Waals surface area contributed by atoms with Gasteiger partial charge in [0.2, 0.25) is 5.78 Å². The zero-order chi connectivity index (χ0) is 15.6. The molecule has 0 aliphatic carbocycles. The molecule has 0 saturated heterocycles. The first-order valence-corrected chi connectivity index (χ1v) is 7.64. The van der Waals surface area contributed by atoms with Crippen LogP contribution in [-0.4, -0.2) is 22.4 Å². The van der Waals surface area contributed by atoms with Gasteiger partial charge in [-0.25, -0.2) is 4.98 Å². The number of allylic oxidation sites excluding steroid dienone is 1. The Morgan fingerprint density at radius 1 is 1.43 bits per heavy atom. The largest absolute Gasteiger partial charge is 0.497 e. The van der Waals surface area contributed by atoms with Crippen LogP contribution < -0.4 is 4.74 Å². The molecule has 21 heavy (non-hydrogen) atoms. The van der Waals surface area contributed by atoms with Crippen molar-refractivity contribution in [2.75, 3.05) is 7.11 Å². The minimum atomic E-state index is -0.183. The van der Waals surface area contributed by atoms with Crippen LogP contribution in [0.4, 0.5) is 0 Å². The lowest BCUT2D eigenvalue weighted by atomic mass is 10.2. The number of thiol groups is 1. The van der Waals surface area contributed by atoms with Crippen molar-refractivity contribution in [1.82, 2.24) is 9.55 Å². The van der Waals surface area contributed by atoms with Crippen molar-refractivity contribution in [2.24, 2.45) is 0 Å². The lowest BCUT2D eigenvalue weighted by molar-refractivity contribution is 0.103. The summed E-state index contributed by atoms with van der Waals surface area (Å²) in [5.41, 5.74) is 1.67. The normalized spacial score (nSPS) is 10.5. The molecule has 0 unspecified atom stereocenters. The molecule has 0 aliphatic heterocycles. The van der Waals surface area contributed by atoms with Gasteiger partial charge >= 0.3 is 0 Å². The Morgan fingerprint density at radius 2 is 2.05 bits per heavy atom. The molecule has 2 rings (SSSR count). The minimum absolute atomic E-state index is 0.183. The summed E-state index contributed by atoms with van der Waals surface area (Å²) in [4.78, 5) is 16.5. The van der Waals surface area contributed by atoms with Crippen molar-refractivity contribution in [2.45, 2.75) is 12.7 Å². The molecule has 4 nitrogen and oxygen atoms in total. The third-order valence-electron chi connectivity index (χ3n) is 2.97. The Balaban J connectivity index is 2.56. The van der Waals surface area contributed by atoms with E-state index in [2.05, 4.69) is 40.1 Å². The molecule has 0 aliphatic rings. The Morgan fingerprint density at radius 3 is 2.52 bits per heavy atom. The second-order valence-electron chi connectivity index (χ2n) is 4.47. The summed E-state index contributed by atoms with van der Waals surface area (Å²) >= 11 is 7.74. The maximum atomic E-state index is 12.1. The highest BCUT2D eigenvalue weighted by molar-refractivity contribution is 9.10. The molecule has 0 radical (unpaired) electrons. The standard InChI is InChI=1S/C15H15BrN2O2S/c1-9(2)14(19)13-15(16)18(12(8-21)17-13)10-4-6-11(20-3)7-5-10/h4-7,21H,1,8H2,2-3H3. The topological polar surface area (TPSA) is 44.1 Å². The van der Waals surface area contributed by atoms with Gasteiger partial charge in [0.05, 0.1) is 7.11 Å². The van der Waals surface area contributed by atoms with Gasteiger partial charge in [-0.15, -0.1) is 0 Å². The highest BCUT2D eigenvalue weighted by Crippen LogP contribution is 2.27. The van der Waals surface area contributed by atoms with Gasteiger partial charge in [-0.05, 0) is 52.7 Å². The molecule has 0 fully saturated rings. The summed E-state index contributed by atoms with van der Waals surface area (Å²) in [5, 5.41) is 0. The van der Waals surface area contributed by atoms with Crippen LogP contribution in [0.1, 0.15) is 23.2 Å². The van der Waals surface area contributed by atoms with Gasteiger partial charge in [-0.1, -0.05) is 6.58 Å². The van der Waals surface area contributed by atoms with Crippen molar-refractivity contribution in [1.29, 1.82) is 0 Å². The van der Waals surface area contributed by atoms with Gasteiger partial charge in [0.1, 0.15) is 21.9 Å². The van der Waals surface area contributed by atoms with Gasteiger partial charge in [-0.3, -0.25) is 9.36 Å². The number of carbonyl (C=O) groups excluding carboxylic acids is 1. The van der Waals surface area contributed by atoms with Gasteiger partial charge in [0, 0.05) is 11.4 Å². The van der Waals surface area contributed by atoms with Crippen LogP contribution in [-0.2, 0) is 5.75 Å². The third-order valence-corrected chi connectivity index (χ3v) is 3.98. The lowest BCUT2D eigenvalue weighted by Crippen LogP contribution is -2.02. The predicted octanol–water partition coefficient (Wildman–Crippen LogP) is 3.83. The lowest BCUT2D eigenvalue weighted by Gasteiger charge is -2.09. The Hall–Kier alpha value is -1.53. The number of methoxy groups -OCH3 is 1. The van der Waals surface area contributed by atoms with Crippen LogP contribution in [0.2, 0.25) is 0 Å². The molecule has 0 N–H and O–H groups in total. The van der Waals surface area contributed by atoms with Crippen LogP contribution in [0.3, 0.4) is 0 Å². The quantitative estimate of drug-likeness (QED) is 0.496. The second-order valence-corrected chi connectivity index (χ2v) is 5.54.